The van der Waals surface area contributed by atoms with E-state index in [1.54, 1.807) is 0 Å². The molecule has 19 heavy (non-hydrogen) atoms. The first-order chi connectivity index (χ1) is 9.13. The van der Waals surface area contributed by atoms with Crippen molar-refractivity contribution in [3.8, 4) is 0 Å². The zero-order chi connectivity index (χ0) is 13.8. The van der Waals surface area contributed by atoms with E-state index < -0.39 is 0 Å². The molecule has 2 rings (SSSR count). The molecule has 2 unspecified atom stereocenters. The molecule has 1 amide bonds. The van der Waals surface area contributed by atoms with Crippen LogP contribution in [0.25, 0.3) is 0 Å². The number of rotatable bonds is 3. The van der Waals surface area contributed by atoms with Crippen molar-refractivity contribution in [2.45, 2.75) is 39.7 Å². The van der Waals surface area contributed by atoms with Gasteiger partial charge in [0.05, 0.1) is 6.04 Å². The van der Waals surface area contributed by atoms with Gasteiger partial charge in [0.2, 0.25) is 5.91 Å². The maximum Gasteiger partial charge on any atom is 0.244 e. The molecule has 0 aliphatic carbocycles. The molecule has 104 valence electrons. The Hall–Kier alpha value is -1.35. The van der Waals surface area contributed by atoms with Crippen LogP contribution in [0.2, 0.25) is 0 Å². The average Bonchev–Trinajstić information content (AvgIpc) is 2.42. The zero-order valence-corrected chi connectivity index (χ0v) is 12.1. The number of aryl methyl sites for hydroxylation is 1. The lowest BCUT2D eigenvalue weighted by molar-refractivity contribution is -0.122. The van der Waals surface area contributed by atoms with Crippen molar-refractivity contribution in [2.24, 2.45) is 5.92 Å². The fraction of sp³-hybridized carbons (Fsp3) is 0.562. The Morgan fingerprint density at radius 3 is 2.63 bits per heavy atom. The topological polar surface area (TPSA) is 32.3 Å². The number of anilines is 1. The van der Waals surface area contributed by atoms with Crippen molar-refractivity contribution >= 4 is 11.6 Å². The summed E-state index contributed by atoms with van der Waals surface area (Å²) in [6.45, 7) is 7.93. The maximum atomic E-state index is 12.7. The summed E-state index contributed by atoms with van der Waals surface area (Å²) < 4.78 is 0. The quantitative estimate of drug-likeness (QED) is 0.906. The standard InChI is InChI=1S/C16H24N2O/c1-4-18(14-9-7-12(2)8-10-14)16(19)15-13(3)6-5-11-17-15/h7-10,13,15,17H,4-6,11H2,1-3H3. The molecule has 0 radical (unpaired) electrons. The van der Waals surface area contributed by atoms with Crippen LogP contribution in [-0.2, 0) is 4.79 Å². The van der Waals surface area contributed by atoms with Crippen LogP contribution in [0.1, 0.15) is 32.3 Å². The summed E-state index contributed by atoms with van der Waals surface area (Å²) in [5, 5.41) is 3.37. The third-order valence-electron chi connectivity index (χ3n) is 3.96. The van der Waals surface area contributed by atoms with Crippen molar-refractivity contribution in [1.82, 2.24) is 5.32 Å². The van der Waals surface area contributed by atoms with Crippen LogP contribution in [0.4, 0.5) is 5.69 Å². The van der Waals surface area contributed by atoms with E-state index in [1.807, 2.05) is 24.0 Å². The monoisotopic (exact) mass is 260 g/mol. The van der Waals surface area contributed by atoms with Gasteiger partial charge in [-0.05, 0) is 51.3 Å². The lowest BCUT2D eigenvalue weighted by atomic mass is 9.91. The van der Waals surface area contributed by atoms with Gasteiger partial charge in [0.1, 0.15) is 0 Å². The van der Waals surface area contributed by atoms with Gasteiger partial charge >= 0.3 is 0 Å². The summed E-state index contributed by atoms with van der Waals surface area (Å²) in [7, 11) is 0. The number of nitrogens with zero attached hydrogens (tertiary/aromatic N) is 1. The Morgan fingerprint density at radius 1 is 1.37 bits per heavy atom. The van der Waals surface area contributed by atoms with Crippen molar-refractivity contribution in [2.75, 3.05) is 18.0 Å². The highest BCUT2D eigenvalue weighted by Gasteiger charge is 2.30. The summed E-state index contributed by atoms with van der Waals surface area (Å²) in [5.41, 5.74) is 2.22. The number of likely N-dealkylation sites (N-methyl/N-ethyl adjacent to an activating group) is 1. The molecular formula is C16H24N2O. The van der Waals surface area contributed by atoms with Gasteiger partial charge < -0.3 is 10.2 Å². The summed E-state index contributed by atoms with van der Waals surface area (Å²) >= 11 is 0. The minimum absolute atomic E-state index is 0.0324. The lowest BCUT2D eigenvalue weighted by Crippen LogP contribution is -2.52. The maximum absolute atomic E-state index is 12.7. The second kappa shape index (κ2) is 6.20. The van der Waals surface area contributed by atoms with Gasteiger partial charge in [-0.3, -0.25) is 4.79 Å². The minimum atomic E-state index is -0.0324. The highest BCUT2D eigenvalue weighted by atomic mass is 16.2. The first-order valence-electron chi connectivity index (χ1n) is 7.25. The van der Waals surface area contributed by atoms with Crippen LogP contribution < -0.4 is 10.2 Å². The number of carbonyl (C=O) groups excluding carboxylic acids is 1. The highest BCUT2D eigenvalue weighted by Crippen LogP contribution is 2.21. The van der Waals surface area contributed by atoms with Crippen LogP contribution in [0, 0.1) is 12.8 Å². The van der Waals surface area contributed by atoms with E-state index in [9.17, 15) is 4.79 Å². The van der Waals surface area contributed by atoms with Crippen LogP contribution in [0.3, 0.4) is 0 Å². The molecule has 1 aromatic rings. The van der Waals surface area contributed by atoms with E-state index in [0.717, 1.165) is 18.7 Å². The predicted octanol–water partition coefficient (Wildman–Crippen LogP) is 2.74. The molecule has 2 atom stereocenters. The fourth-order valence-electron chi connectivity index (χ4n) is 2.74. The van der Waals surface area contributed by atoms with E-state index in [4.69, 9.17) is 0 Å². The predicted molar refractivity (Wildman–Crippen MR) is 79.4 cm³/mol. The first-order valence-corrected chi connectivity index (χ1v) is 7.25. The Bertz CT molecular complexity index is 427. The molecule has 3 heteroatoms. The van der Waals surface area contributed by atoms with Crippen molar-refractivity contribution in [3.63, 3.8) is 0 Å². The van der Waals surface area contributed by atoms with Gasteiger partial charge in [-0.25, -0.2) is 0 Å². The molecule has 1 aromatic carbocycles. The number of amides is 1. The molecule has 1 aliphatic rings. The van der Waals surface area contributed by atoms with Crippen LogP contribution >= 0.6 is 0 Å². The summed E-state index contributed by atoms with van der Waals surface area (Å²) in [5.74, 6) is 0.624. The second-order valence-electron chi connectivity index (χ2n) is 5.47. The molecule has 3 nitrogen and oxygen atoms in total. The lowest BCUT2D eigenvalue weighted by Gasteiger charge is -2.33. The Labute approximate surface area is 116 Å². The van der Waals surface area contributed by atoms with Gasteiger partial charge in [-0.15, -0.1) is 0 Å². The van der Waals surface area contributed by atoms with Crippen molar-refractivity contribution in [3.05, 3.63) is 29.8 Å². The highest BCUT2D eigenvalue weighted by molar-refractivity contribution is 5.97. The number of hydrogen-bond acceptors (Lipinski definition) is 2. The number of hydrogen-bond donors (Lipinski definition) is 1. The molecule has 0 aromatic heterocycles. The van der Waals surface area contributed by atoms with E-state index >= 15 is 0 Å². The van der Waals surface area contributed by atoms with E-state index in [0.29, 0.717) is 12.5 Å². The molecule has 0 spiro atoms. The fourth-order valence-corrected chi connectivity index (χ4v) is 2.74. The van der Waals surface area contributed by atoms with E-state index in [1.165, 1.54) is 12.0 Å². The molecule has 0 bridgehead atoms. The molecule has 1 N–H and O–H groups in total. The Morgan fingerprint density at radius 2 is 2.05 bits per heavy atom. The minimum Gasteiger partial charge on any atom is -0.311 e. The average molecular weight is 260 g/mol. The van der Waals surface area contributed by atoms with Crippen molar-refractivity contribution < 1.29 is 4.79 Å². The number of carbonyl (C=O) groups is 1. The number of piperidine rings is 1. The summed E-state index contributed by atoms with van der Waals surface area (Å²) in [6.07, 6.45) is 2.30. The van der Waals surface area contributed by atoms with E-state index in [-0.39, 0.29) is 11.9 Å². The van der Waals surface area contributed by atoms with Crippen LogP contribution in [-0.4, -0.2) is 25.0 Å². The van der Waals surface area contributed by atoms with Gasteiger partial charge in [0.15, 0.2) is 0 Å². The molecule has 1 aliphatic heterocycles. The van der Waals surface area contributed by atoms with Gasteiger partial charge in [0.25, 0.3) is 0 Å². The van der Waals surface area contributed by atoms with Crippen LogP contribution in [0.15, 0.2) is 24.3 Å². The second-order valence-corrected chi connectivity index (χ2v) is 5.47. The molecular weight excluding hydrogens is 236 g/mol. The molecule has 1 heterocycles. The first kappa shape index (κ1) is 14.1. The Balaban J connectivity index is 2.16. The third-order valence-corrected chi connectivity index (χ3v) is 3.96. The number of nitrogens with one attached hydrogen (secondary N) is 1. The van der Waals surface area contributed by atoms with Gasteiger partial charge in [-0.2, -0.15) is 0 Å². The van der Waals surface area contributed by atoms with Gasteiger partial charge in [-0.1, -0.05) is 24.6 Å². The third kappa shape index (κ3) is 3.16. The van der Waals surface area contributed by atoms with E-state index in [2.05, 4.69) is 31.3 Å². The largest absolute Gasteiger partial charge is 0.311 e. The molecule has 1 saturated heterocycles. The molecule has 1 fully saturated rings. The number of benzene rings is 1. The summed E-state index contributed by atoms with van der Waals surface area (Å²) in [6, 6.07) is 8.15. The zero-order valence-electron chi connectivity index (χ0n) is 12.1. The normalized spacial score (nSPS) is 23.1. The SMILES string of the molecule is CCN(C(=O)C1NCCCC1C)c1ccc(C)cc1. The molecule has 0 saturated carbocycles. The van der Waals surface area contributed by atoms with Gasteiger partial charge in [0, 0.05) is 12.2 Å². The Kier molecular flexibility index (Phi) is 4.59. The smallest absolute Gasteiger partial charge is 0.244 e. The summed E-state index contributed by atoms with van der Waals surface area (Å²) in [4.78, 5) is 14.6. The van der Waals surface area contributed by atoms with Crippen molar-refractivity contribution in [1.29, 1.82) is 0 Å². The van der Waals surface area contributed by atoms with Crippen LogP contribution in [0.5, 0.6) is 0 Å².